The van der Waals surface area contributed by atoms with Gasteiger partial charge in [0, 0.05) is 36.1 Å². The van der Waals surface area contributed by atoms with Crippen LogP contribution < -0.4 is 0 Å². The van der Waals surface area contributed by atoms with E-state index in [1.54, 1.807) is 6.20 Å². The first-order valence-corrected chi connectivity index (χ1v) is 7.61. The number of rotatable bonds is 3. The Balaban J connectivity index is 1.70. The Morgan fingerprint density at radius 2 is 2.00 bits per heavy atom. The minimum atomic E-state index is 0.174. The predicted molar refractivity (Wildman–Crippen MR) is 87.6 cm³/mol. The third-order valence-electron chi connectivity index (χ3n) is 3.63. The Kier molecular flexibility index (Phi) is 3.92. The van der Waals surface area contributed by atoms with Crippen LogP contribution in [0.1, 0.15) is 39.2 Å². The van der Waals surface area contributed by atoms with Crippen molar-refractivity contribution in [1.29, 1.82) is 0 Å². The first-order chi connectivity index (χ1) is 10.5. The molecule has 1 unspecified atom stereocenters. The van der Waals surface area contributed by atoms with E-state index in [9.17, 15) is 0 Å². The molecule has 0 radical (unpaired) electrons. The van der Waals surface area contributed by atoms with Crippen LogP contribution in [-0.4, -0.2) is 21.8 Å². The normalized spacial score (nSPS) is 18.0. The molecule has 4 nitrogen and oxygen atoms in total. The van der Waals surface area contributed by atoms with Crippen molar-refractivity contribution in [3.05, 3.63) is 48.4 Å². The van der Waals surface area contributed by atoms with Crippen LogP contribution in [-0.2, 0) is 4.84 Å². The molecule has 1 atom stereocenters. The number of aromatic nitrogens is 2. The van der Waals surface area contributed by atoms with Crippen LogP contribution in [0.25, 0.3) is 11.3 Å². The van der Waals surface area contributed by atoms with Crippen molar-refractivity contribution in [2.45, 2.75) is 39.7 Å². The highest BCUT2D eigenvalue weighted by atomic mass is 16.6. The highest BCUT2D eigenvalue weighted by molar-refractivity contribution is 6.01. The molecule has 2 aromatic heterocycles. The van der Waals surface area contributed by atoms with Gasteiger partial charge in [0.2, 0.25) is 0 Å². The van der Waals surface area contributed by atoms with Crippen LogP contribution in [0.15, 0.2) is 48.0 Å². The topological polar surface area (TPSA) is 47.4 Å². The fourth-order valence-electron chi connectivity index (χ4n) is 2.64. The molecular weight excluding hydrogens is 274 g/mol. The van der Waals surface area contributed by atoms with Gasteiger partial charge in [-0.25, -0.2) is 0 Å². The van der Waals surface area contributed by atoms with Crippen LogP contribution in [0.5, 0.6) is 0 Å². The highest BCUT2D eigenvalue weighted by Crippen LogP contribution is 2.28. The van der Waals surface area contributed by atoms with Crippen LogP contribution in [0, 0.1) is 5.41 Å². The summed E-state index contributed by atoms with van der Waals surface area (Å²) in [6, 6.07) is 7.98. The maximum atomic E-state index is 5.56. The predicted octanol–water partition coefficient (Wildman–Crippen LogP) is 4.07. The molecule has 0 bridgehead atoms. The van der Waals surface area contributed by atoms with E-state index < -0.39 is 0 Å². The Bertz CT molecular complexity index is 657. The van der Waals surface area contributed by atoms with E-state index in [1.165, 1.54) is 0 Å². The number of hydrogen-bond acceptors (Lipinski definition) is 4. The second-order valence-corrected chi connectivity index (χ2v) is 6.91. The van der Waals surface area contributed by atoms with Gasteiger partial charge in [-0.05, 0) is 36.1 Å². The van der Waals surface area contributed by atoms with E-state index in [4.69, 9.17) is 4.84 Å². The van der Waals surface area contributed by atoms with Crippen molar-refractivity contribution in [2.24, 2.45) is 10.6 Å². The molecule has 22 heavy (non-hydrogen) atoms. The third kappa shape index (κ3) is 3.50. The molecule has 1 aliphatic rings. The monoisotopic (exact) mass is 295 g/mol. The van der Waals surface area contributed by atoms with Gasteiger partial charge in [0.05, 0.1) is 11.4 Å². The molecule has 3 heterocycles. The summed E-state index contributed by atoms with van der Waals surface area (Å²) in [4.78, 5) is 14.2. The number of oxime groups is 1. The fraction of sp³-hybridized carbons (Fsp3) is 0.389. The van der Waals surface area contributed by atoms with Crippen molar-refractivity contribution in [3.63, 3.8) is 0 Å². The third-order valence-corrected chi connectivity index (χ3v) is 3.63. The highest BCUT2D eigenvalue weighted by Gasteiger charge is 2.27. The number of pyridine rings is 2. The largest absolute Gasteiger partial charge is 0.392 e. The summed E-state index contributed by atoms with van der Waals surface area (Å²) in [6.07, 6.45) is 7.47. The lowest BCUT2D eigenvalue weighted by Gasteiger charge is -2.21. The van der Waals surface area contributed by atoms with Gasteiger partial charge in [0.1, 0.15) is 6.10 Å². The zero-order valence-electron chi connectivity index (χ0n) is 13.3. The average molecular weight is 295 g/mol. The summed E-state index contributed by atoms with van der Waals surface area (Å²) < 4.78 is 0. The molecule has 4 heteroatoms. The van der Waals surface area contributed by atoms with E-state index in [1.807, 2.05) is 30.6 Å². The van der Waals surface area contributed by atoms with E-state index >= 15 is 0 Å². The zero-order valence-corrected chi connectivity index (χ0v) is 13.3. The first kappa shape index (κ1) is 14.7. The molecule has 0 saturated heterocycles. The number of nitrogens with zero attached hydrogens (tertiary/aromatic N) is 3. The van der Waals surface area contributed by atoms with Gasteiger partial charge >= 0.3 is 0 Å². The molecule has 2 aromatic rings. The summed E-state index contributed by atoms with van der Waals surface area (Å²) in [5.74, 6) is 0. The molecule has 0 aliphatic carbocycles. The Labute approximate surface area is 131 Å². The summed E-state index contributed by atoms with van der Waals surface area (Å²) in [6.45, 7) is 6.66. The van der Waals surface area contributed by atoms with Crippen molar-refractivity contribution in [1.82, 2.24) is 9.97 Å². The van der Waals surface area contributed by atoms with Crippen LogP contribution in [0.3, 0.4) is 0 Å². The van der Waals surface area contributed by atoms with Gasteiger partial charge in [0.25, 0.3) is 0 Å². The summed E-state index contributed by atoms with van der Waals surface area (Å²) in [5, 5.41) is 4.24. The summed E-state index contributed by atoms with van der Waals surface area (Å²) >= 11 is 0. The van der Waals surface area contributed by atoms with Crippen LogP contribution >= 0.6 is 0 Å². The summed E-state index contributed by atoms with van der Waals surface area (Å²) in [7, 11) is 0. The van der Waals surface area contributed by atoms with E-state index in [0.717, 1.165) is 35.4 Å². The molecule has 0 amide bonds. The molecule has 0 aromatic carbocycles. The van der Waals surface area contributed by atoms with Crippen molar-refractivity contribution < 1.29 is 4.84 Å². The minimum Gasteiger partial charge on any atom is -0.392 e. The van der Waals surface area contributed by atoms with Crippen molar-refractivity contribution in [3.8, 4) is 11.3 Å². The fourth-order valence-corrected chi connectivity index (χ4v) is 2.64. The standard InChI is InChI=1S/C18H21N3O/c1-18(2,3)10-15-9-17(21-22-15)14-6-7-16(20-12-14)13-5-4-8-19-11-13/h4-8,11-12,15H,9-10H2,1-3H3. The molecule has 1 aliphatic heterocycles. The molecule has 0 saturated carbocycles. The quantitative estimate of drug-likeness (QED) is 0.857. The smallest absolute Gasteiger partial charge is 0.133 e. The summed E-state index contributed by atoms with van der Waals surface area (Å²) in [5.41, 5.74) is 4.20. The second kappa shape index (κ2) is 5.87. The maximum absolute atomic E-state index is 5.56. The second-order valence-electron chi connectivity index (χ2n) is 6.91. The Hall–Kier alpha value is -2.23. The van der Waals surface area contributed by atoms with E-state index in [0.29, 0.717) is 0 Å². The Morgan fingerprint density at radius 3 is 2.64 bits per heavy atom. The molecule has 0 N–H and O–H groups in total. The van der Waals surface area contributed by atoms with Gasteiger partial charge in [-0.2, -0.15) is 0 Å². The molecule has 0 fully saturated rings. The van der Waals surface area contributed by atoms with Crippen molar-refractivity contribution in [2.75, 3.05) is 0 Å². The van der Waals surface area contributed by atoms with E-state index in [2.05, 4.69) is 42.0 Å². The van der Waals surface area contributed by atoms with Gasteiger partial charge < -0.3 is 4.84 Å². The van der Waals surface area contributed by atoms with Gasteiger partial charge in [-0.1, -0.05) is 25.9 Å². The minimum absolute atomic E-state index is 0.174. The van der Waals surface area contributed by atoms with Gasteiger partial charge in [-0.15, -0.1) is 0 Å². The number of hydrogen-bond donors (Lipinski definition) is 0. The van der Waals surface area contributed by atoms with Crippen molar-refractivity contribution >= 4 is 5.71 Å². The lowest BCUT2D eigenvalue weighted by molar-refractivity contribution is 0.0540. The molecule has 114 valence electrons. The van der Waals surface area contributed by atoms with Crippen LogP contribution in [0.2, 0.25) is 0 Å². The maximum Gasteiger partial charge on any atom is 0.133 e. The Morgan fingerprint density at radius 1 is 1.14 bits per heavy atom. The van der Waals surface area contributed by atoms with Gasteiger partial charge in [-0.3, -0.25) is 9.97 Å². The average Bonchev–Trinajstić information content (AvgIpc) is 2.95. The molecule has 0 spiro atoms. The zero-order chi connectivity index (χ0) is 15.6. The van der Waals surface area contributed by atoms with E-state index in [-0.39, 0.29) is 11.5 Å². The molecular formula is C18H21N3O. The molecule has 3 rings (SSSR count). The SMILES string of the molecule is CC(C)(C)CC1CC(c2ccc(-c3cccnc3)nc2)=NO1. The van der Waals surface area contributed by atoms with Crippen LogP contribution in [0.4, 0.5) is 0 Å². The lowest BCUT2D eigenvalue weighted by Crippen LogP contribution is -2.18. The lowest BCUT2D eigenvalue weighted by atomic mass is 9.87. The first-order valence-electron chi connectivity index (χ1n) is 7.61. The van der Waals surface area contributed by atoms with Gasteiger partial charge in [0.15, 0.2) is 0 Å².